The van der Waals surface area contributed by atoms with Gasteiger partial charge in [-0.3, -0.25) is 0 Å². The van der Waals surface area contributed by atoms with Gasteiger partial charge < -0.3 is 30.0 Å². The van der Waals surface area contributed by atoms with Crippen molar-refractivity contribution in [3.8, 4) is 11.5 Å². The van der Waals surface area contributed by atoms with E-state index in [1.807, 2.05) is 18.2 Å². The van der Waals surface area contributed by atoms with Crippen LogP contribution in [0, 0.1) is 5.41 Å². The van der Waals surface area contributed by atoms with Crippen molar-refractivity contribution in [1.82, 2.24) is 10.6 Å². The summed E-state index contributed by atoms with van der Waals surface area (Å²) in [6.07, 6.45) is 6.66. The van der Waals surface area contributed by atoms with Crippen molar-refractivity contribution in [2.24, 2.45) is 10.4 Å². The molecule has 0 bridgehead atoms. The highest BCUT2D eigenvalue weighted by molar-refractivity contribution is 14.0. The second-order valence-electron chi connectivity index (χ2n) is 8.32. The van der Waals surface area contributed by atoms with Crippen molar-refractivity contribution in [2.45, 2.75) is 58.1 Å². The van der Waals surface area contributed by atoms with E-state index in [0.717, 1.165) is 68.4 Å². The lowest BCUT2D eigenvalue weighted by atomic mass is 9.84. The second kappa shape index (κ2) is 13.3. The third-order valence-electron chi connectivity index (χ3n) is 6.08. The first-order valence-corrected chi connectivity index (χ1v) is 11.2. The number of hydrogen-bond acceptors (Lipinski definition) is 5. The van der Waals surface area contributed by atoms with Crippen LogP contribution in [-0.4, -0.2) is 57.2 Å². The summed E-state index contributed by atoms with van der Waals surface area (Å²) < 4.78 is 17.3. The van der Waals surface area contributed by atoms with Crippen LogP contribution in [0.2, 0.25) is 0 Å². The van der Waals surface area contributed by atoms with Crippen LogP contribution in [-0.2, 0) is 11.3 Å². The van der Waals surface area contributed by atoms with Crippen LogP contribution < -0.4 is 20.1 Å². The quantitative estimate of drug-likeness (QED) is 0.237. The van der Waals surface area contributed by atoms with Gasteiger partial charge in [0.1, 0.15) is 11.5 Å². The fourth-order valence-electron chi connectivity index (χ4n) is 4.18. The number of methoxy groups -OCH3 is 1. The predicted molar refractivity (Wildman–Crippen MR) is 134 cm³/mol. The van der Waals surface area contributed by atoms with E-state index in [0.29, 0.717) is 13.2 Å². The molecule has 3 rings (SSSR count). The van der Waals surface area contributed by atoms with Gasteiger partial charge in [0.25, 0.3) is 0 Å². The smallest absolute Gasteiger partial charge is 0.191 e. The Morgan fingerprint density at radius 2 is 2.10 bits per heavy atom. The van der Waals surface area contributed by atoms with Gasteiger partial charge in [-0.2, -0.15) is 0 Å². The lowest BCUT2D eigenvalue weighted by Crippen LogP contribution is -2.44. The van der Waals surface area contributed by atoms with Crippen LogP contribution in [0.15, 0.2) is 23.2 Å². The van der Waals surface area contributed by atoms with Crippen molar-refractivity contribution >= 4 is 29.9 Å². The lowest BCUT2D eigenvalue weighted by Gasteiger charge is -2.27. The third kappa shape index (κ3) is 7.68. The summed E-state index contributed by atoms with van der Waals surface area (Å²) in [5.41, 5.74) is 1.02. The third-order valence-corrected chi connectivity index (χ3v) is 6.08. The first kappa shape index (κ1) is 26.0. The topological polar surface area (TPSA) is 84.3 Å². The van der Waals surface area contributed by atoms with Crippen molar-refractivity contribution in [3.05, 3.63) is 23.8 Å². The zero-order chi connectivity index (χ0) is 21.2. The first-order valence-electron chi connectivity index (χ1n) is 11.2. The first-order chi connectivity index (χ1) is 14.7. The highest BCUT2D eigenvalue weighted by Gasteiger charge is 2.34. The van der Waals surface area contributed by atoms with Gasteiger partial charge in [0.15, 0.2) is 5.96 Å². The number of hydrogen-bond donors (Lipinski definition) is 3. The fourth-order valence-corrected chi connectivity index (χ4v) is 4.18. The maximum atomic E-state index is 9.45. The van der Waals surface area contributed by atoms with Crippen LogP contribution in [0.5, 0.6) is 11.5 Å². The SMILES string of the molecule is CCNC(=NCc1ccc(OC)cc1OC1CCCC1)NCC1(CCO)CCOC1.I. The molecular formula is C23H38IN3O4. The Hall–Kier alpha value is -1.26. The Morgan fingerprint density at radius 1 is 1.29 bits per heavy atom. The highest BCUT2D eigenvalue weighted by Crippen LogP contribution is 2.32. The minimum absolute atomic E-state index is 0. The molecule has 1 saturated carbocycles. The standard InChI is InChI=1S/C23H37N3O4.HI/c1-3-24-22(26-16-23(10-12-27)11-13-29-17-23)25-15-18-8-9-20(28-2)14-21(18)30-19-6-4-5-7-19;/h8-9,14,19,27H,3-7,10-13,15-17H2,1-2H3,(H2,24,25,26);1H. The number of aliphatic hydroxyl groups excluding tert-OH is 1. The molecule has 7 nitrogen and oxygen atoms in total. The number of aliphatic hydroxyl groups is 1. The molecule has 176 valence electrons. The van der Waals surface area contributed by atoms with Crippen molar-refractivity contribution < 1.29 is 19.3 Å². The zero-order valence-corrected chi connectivity index (χ0v) is 21.2. The minimum atomic E-state index is -0.0260. The summed E-state index contributed by atoms with van der Waals surface area (Å²) in [6.45, 7) is 5.69. The highest BCUT2D eigenvalue weighted by atomic mass is 127. The molecule has 1 aromatic rings. The number of ether oxygens (including phenoxy) is 3. The Kier molecular flexibility index (Phi) is 11.2. The number of guanidine groups is 1. The summed E-state index contributed by atoms with van der Waals surface area (Å²) in [5.74, 6) is 2.43. The fraction of sp³-hybridized carbons (Fsp3) is 0.696. The molecule has 0 spiro atoms. The van der Waals surface area contributed by atoms with Gasteiger partial charge >= 0.3 is 0 Å². The number of aliphatic imine (C=N–C) groups is 1. The van der Waals surface area contributed by atoms with E-state index >= 15 is 0 Å². The van der Waals surface area contributed by atoms with Crippen LogP contribution in [0.4, 0.5) is 0 Å². The van der Waals surface area contributed by atoms with Gasteiger partial charge in [-0.05, 0) is 57.6 Å². The van der Waals surface area contributed by atoms with E-state index in [1.54, 1.807) is 7.11 Å². The van der Waals surface area contributed by atoms with Crippen LogP contribution >= 0.6 is 24.0 Å². The molecule has 3 N–H and O–H groups in total. The van der Waals surface area contributed by atoms with Crippen LogP contribution in [0.1, 0.15) is 51.0 Å². The van der Waals surface area contributed by atoms with Crippen LogP contribution in [0.25, 0.3) is 0 Å². The number of rotatable bonds is 10. The van der Waals surface area contributed by atoms with Gasteiger partial charge in [0, 0.05) is 43.3 Å². The molecular weight excluding hydrogens is 509 g/mol. The maximum absolute atomic E-state index is 9.45. The molecule has 0 amide bonds. The molecule has 1 aliphatic carbocycles. The number of nitrogens with one attached hydrogen (secondary N) is 2. The minimum Gasteiger partial charge on any atom is -0.497 e. The average Bonchev–Trinajstić information content (AvgIpc) is 3.44. The van der Waals surface area contributed by atoms with E-state index in [-0.39, 0.29) is 42.1 Å². The molecule has 2 fully saturated rings. The molecule has 0 aromatic heterocycles. The number of nitrogens with zero attached hydrogens (tertiary/aromatic N) is 1. The molecule has 1 heterocycles. The Morgan fingerprint density at radius 3 is 2.74 bits per heavy atom. The van der Waals surface area contributed by atoms with Crippen molar-refractivity contribution in [1.29, 1.82) is 0 Å². The molecule has 2 aliphatic rings. The van der Waals surface area contributed by atoms with E-state index in [9.17, 15) is 5.11 Å². The summed E-state index contributed by atoms with van der Waals surface area (Å²) in [5, 5.41) is 16.2. The van der Waals surface area contributed by atoms with Gasteiger partial charge in [0.05, 0.1) is 26.4 Å². The molecule has 1 aliphatic heterocycles. The number of halogens is 1. The van der Waals surface area contributed by atoms with Crippen molar-refractivity contribution in [3.63, 3.8) is 0 Å². The molecule has 1 unspecified atom stereocenters. The monoisotopic (exact) mass is 547 g/mol. The Bertz CT molecular complexity index is 689. The van der Waals surface area contributed by atoms with Gasteiger partial charge in [0.2, 0.25) is 0 Å². The predicted octanol–water partition coefficient (Wildman–Crippen LogP) is 3.48. The van der Waals surface area contributed by atoms with Gasteiger partial charge in [-0.25, -0.2) is 4.99 Å². The zero-order valence-electron chi connectivity index (χ0n) is 18.8. The van der Waals surface area contributed by atoms with Gasteiger partial charge in [-0.15, -0.1) is 24.0 Å². The molecule has 8 heteroatoms. The maximum Gasteiger partial charge on any atom is 0.191 e. The van der Waals surface area contributed by atoms with Crippen LogP contribution in [0.3, 0.4) is 0 Å². The van der Waals surface area contributed by atoms with Gasteiger partial charge in [-0.1, -0.05) is 0 Å². The Labute approximate surface area is 203 Å². The van der Waals surface area contributed by atoms with E-state index in [4.69, 9.17) is 19.2 Å². The molecule has 1 atom stereocenters. The lowest BCUT2D eigenvalue weighted by molar-refractivity contribution is 0.127. The van der Waals surface area contributed by atoms with Crippen molar-refractivity contribution in [2.75, 3.05) is 40.0 Å². The summed E-state index contributed by atoms with van der Waals surface area (Å²) in [6, 6.07) is 5.96. The molecule has 1 saturated heterocycles. The molecule has 31 heavy (non-hydrogen) atoms. The summed E-state index contributed by atoms with van der Waals surface area (Å²) in [4.78, 5) is 4.80. The average molecular weight is 547 g/mol. The summed E-state index contributed by atoms with van der Waals surface area (Å²) in [7, 11) is 1.68. The van der Waals surface area contributed by atoms with E-state index < -0.39 is 0 Å². The van der Waals surface area contributed by atoms with E-state index in [2.05, 4.69) is 17.6 Å². The number of benzene rings is 1. The Balaban J connectivity index is 0.00000341. The van der Waals surface area contributed by atoms with E-state index in [1.165, 1.54) is 12.8 Å². The largest absolute Gasteiger partial charge is 0.497 e. The molecule has 1 aromatic carbocycles. The molecule has 0 radical (unpaired) electrons. The summed E-state index contributed by atoms with van der Waals surface area (Å²) >= 11 is 0. The second-order valence-corrected chi connectivity index (χ2v) is 8.32. The normalized spacial score (nSPS) is 21.6.